The third-order valence-corrected chi connectivity index (χ3v) is 7.31. The number of fused-ring (bicyclic) bond motifs is 3. The van der Waals surface area contributed by atoms with Crippen LogP contribution in [0.4, 0.5) is 23.8 Å². The van der Waals surface area contributed by atoms with Gasteiger partial charge in [-0.2, -0.15) is 13.2 Å². The minimum atomic E-state index is -4.56. The lowest BCUT2D eigenvalue weighted by Crippen LogP contribution is -2.57. The molecule has 5 heterocycles. The molecule has 5 rings (SSSR count). The topological polar surface area (TPSA) is 102 Å². The van der Waals surface area contributed by atoms with Gasteiger partial charge in [0.2, 0.25) is 5.91 Å². The molecule has 0 aromatic carbocycles. The van der Waals surface area contributed by atoms with Crippen LogP contribution >= 0.6 is 11.3 Å². The molecule has 9 nitrogen and oxygen atoms in total. The highest BCUT2D eigenvalue weighted by atomic mass is 32.1. The third-order valence-electron chi connectivity index (χ3n) is 6.34. The van der Waals surface area contributed by atoms with E-state index in [4.69, 9.17) is 0 Å². The number of allylic oxidation sites excluding steroid dienone is 1. The molecule has 3 aliphatic heterocycles. The number of anilines is 1. The number of alkyl halides is 3. The Balaban J connectivity index is 1.35. The van der Waals surface area contributed by atoms with E-state index in [0.29, 0.717) is 30.3 Å². The average molecular weight is 520 g/mol. The maximum absolute atomic E-state index is 13.4. The van der Waals surface area contributed by atoms with Gasteiger partial charge >= 0.3 is 12.2 Å². The Hall–Kier alpha value is -3.61. The second-order valence-electron chi connectivity index (χ2n) is 8.85. The van der Waals surface area contributed by atoms with Crippen molar-refractivity contribution in [3.8, 4) is 10.4 Å². The number of hydrogen-bond acceptors (Lipinski definition) is 7. The van der Waals surface area contributed by atoms with Crippen molar-refractivity contribution in [2.75, 3.05) is 18.4 Å². The van der Waals surface area contributed by atoms with E-state index in [0.717, 1.165) is 28.9 Å². The van der Waals surface area contributed by atoms with Crippen molar-refractivity contribution < 1.29 is 22.8 Å². The zero-order chi connectivity index (χ0) is 25.6. The van der Waals surface area contributed by atoms with Gasteiger partial charge in [0.05, 0.1) is 21.6 Å². The quantitative estimate of drug-likeness (QED) is 0.574. The van der Waals surface area contributed by atoms with Crippen molar-refractivity contribution in [1.82, 2.24) is 30.4 Å². The standard InChI is InChI=1S/C23H24F3N7O2S/c1-12(23(24,25)26)29-21(34)16-3-4-17-20(30-16)33(15-6-8-32(17)11-15)22(35)31-19-9-14(5-7-27-19)18-10-28-13(2)36-18/h3-5,7,9-10,12,15-16,30H,6,8,11H2,1-2H3,(H,29,34)(H,27,31,35)/t12-,15+,16?/m1/s1. The Kier molecular flexibility index (Phi) is 6.10. The molecule has 2 aromatic rings. The fraction of sp³-hybridized carbons (Fsp3) is 0.391. The largest absolute Gasteiger partial charge is 0.408 e. The van der Waals surface area contributed by atoms with Crippen LogP contribution in [0.5, 0.6) is 0 Å². The maximum Gasteiger partial charge on any atom is 0.408 e. The minimum Gasteiger partial charge on any atom is -0.366 e. The highest BCUT2D eigenvalue weighted by molar-refractivity contribution is 7.15. The van der Waals surface area contributed by atoms with Crippen molar-refractivity contribution in [3.63, 3.8) is 0 Å². The van der Waals surface area contributed by atoms with Crippen LogP contribution in [0.2, 0.25) is 0 Å². The number of nitrogens with one attached hydrogen (secondary N) is 3. The Morgan fingerprint density at radius 1 is 1.31 bits per heavy atom. The second kappa shape index (κ2) is 9.12. The van der Waals surface area contributed by atoms with Crippen LogP contribution in [0.15, 0.2) is 48.2 Å². The summed E-state index contributed by atoms with van der Waals surface area (Å²) < 4.78 is 38.8. The summed E-state index contributed by atoms with van der Waals surface area (Å²) in [5, 5.41) is 8.72. The van der Waals surface area contributed by atoms with Crippen LogP contribution in [0.25, 0.3) is 10.4 Å². The molecule has 0 saturated carbocycles. The van der Waals surface area contributed by atoms with Crippen LogP contribution in [-0.2, 0) is 4.79 Å². The number of aryl methyl sites for hydroxylation is 1. The fourth-order valence-electron chi connectivity index (χ4n) is 4.46. The molecule has 0 radical (unpaired) electrons. The number of aromatic nitrogens is 2. The summed E-state index contributed by atoms with van der Waals surface area (Å²) in [7, 11) is 0. The monoisotopic (exact) mass is 519 g/mol. The summed E-state index contributed by atoms with van der Waals surface area (Å²) in [6, 6.07) is -0.0655. The summed E-state index contributed by atoms with van der Waals surface area (Å²) in [5.41, 5.74) is 1.58. The molecule has 2 bridgehead atoms. The lowest BCUT2D eigenvalue weighted by molar-refractivity contribution is -0.158. The van der Waals surface area contributed by atoms with E-state index in [1.54, 1.807) is 29.4 Å². The van der Waals surface area contributed by atoms with Crippen LogP contribution in [-0.4, -0.2) is 69.1 Å². The number of carbonyl (C=O) groups is 2. The van der Waals surface area contributed by atoms with Crippen LogP contribution in [0.3, 0.4) is 0 Å². The highest BCUT2D eigenvalue weighted by Gasteiger charge is 2.43. The number of dihydropyridines is 1. The third kappa shape index (κ3) is 4.62. The second-order valence-corrected chi connectivity index (χ2v) is 10.1. The summed E-state index contributed by atoms with van der Waals surface area (Å²) in [4.78, 5) is 39.1. The SMILES string of the molecule is Cc1ncc(-c2ccnc(NC(=O)N3C4=C(C=CC(C(=O)N[C@H](C)C(F)(F)F)N4)N4CC[C@H]3C4)c2)s1. The van der Waals surface area contributed by atoms with Gasteiger partial charge in [0.15, 0.2) is 0 Å². The molecule has 190 valence electrons. The van der Waals surface area contributed by atoms with Gasteiger partial charge in [0.1, 0.15) is 23.7 Å². The van der Waals surface area contributed by atoms with Gasteiger partial charge in [-0.1, -0.05) is 6.08 Å². The first-order valence-corrected chi connectivity index (χ1v) is 12.2. The Labute approximate surface area is 209 Å². The molecular formula is C23H24F3N7O2S. The van der Waals surface area contributed by atoms with Gasteiger partial charge in [0, 0.05) is 25.5 Å². The van der Waals surface area contributed by atoms with E-state index in [1.807, 2.05) is 18.3 Å². The first-order chi connectivity index (χ1) is 17.1. The van der Waals surface area contributed by atoms with Crippen molar-refractivity contribution >= 4 is 29.1 Å². The van der Waals surface area contributed by atoms with Crippen LogP contribution in [0.1, 0.15) is 18.4 Å². The number of pyridine rings is 1. The number of rotatable bonds is 4. The average Bonchev–Trinajstić information content (AvgIpc) is 3.45. The molecule has 13 heteroatoms. The zero-order valence-corrected chi connectivity index (χ0v) is 20.3. The molecule has 3 amide bonds. The normalized spacial score (nSPS) is 21.7. The van der Waals surface area contributed by atoms with E-state index in [-0.39, 0.29) is 6.04 Å². The van der Waals surface area contributed by atoms with Gasteiger partial charge in [-0.05, 0) is 44.0 Å². The maximum atomic E-state index is 13.4. The first-order valence-electron chi connectivity index (χ1n) is 11.4. The number of urea groups is 1. The van der Waals surface area contributed by atoms with E-state index in [9.17, 15) is 22.8 Å². The molecule has 2 aromatic heterocycles. The molecule has 3 aliphatic rings. The number of nitrogens with zero attached hydrogens (tertiary/aromatic N) is 4. The van der Waals surface area contributed by atoms with Gasteiger partial charge in [-0.25, -0.2) is 14.8 Å². The first kappa shape index (κ1) is 24.1. The number of halogens is 3. The van der Waals surface area contributed by atoms with Crippen molar-refractivity contribution in [2.24, 2.45) is 0 Å². The minimum absolute atomic E-state index is 0.159. The molecular weight excluding hydrogens is 495 g/mol. The van der Waals surface area contributed by atoms with Gasteiger partial charge in [-0.3, -0.25) is 15.0 Å². The molecule has 0 aliphatic carbocycles. The number of hydrogen-bond donors (Lipinski definition) is 3. The molecule has 36 heavy (non-hydrogen) atoms. The fourth-order valence-corrected chi connectivity index (χ4v) is 5.23. The smallest absolute Gasteiger partial charge is 0.366 e. The molecule has 1 saturated heterocycles. The van der Waals surface area contributed by atoms with Gasteiger partial charge < -0.3 is 15.5 Å². The van der Waals surface area contributed by atoms with Crippen LogP contribution in [0, 0.1) is 6.92 Å². The van der Waals surface area contributed by atoms with Gasteiger partial charge in [-0.15, -0.1) is 11.3 Å². The van der Waals surface area contributed by atoms with Crippen molar-refractivity contribution in [3.05, 3.63) is 53.2 Å². The molecule has 3 N–H and O–H groups in total. The summed E-state index contributed by atoms with van der Waals surface area (Å²) >= 11 is 1.53. The molecule has 0 spiro atoms. The number of carbonyl (C=O) groups excluding carboxylic acids is 2. The van der Waals surface area contributed by atoms with Crippen molar-refractivity contribution in [2.45, 2.75) is 44.6 Å². The summed E-state index contributed by atoms with van der Waals surface area (Å²) in [5.74, 6) is -0.0892. The van der Waals surface area contributed by atoms with E-state index in [2.05, 4.69) is 25.5 Å². The van der Waals surface area contributed by atoms with Crippen molar-refractivity contribution in [1.29, 1.82) is 0 Å². The predicted octanol–water partition coefficient (Wildman–Crippen LogP) is 3.20. The predicted molar refractivity (Wildman–Crippen MR) is 128 cm³/mol. The van der Waals surface area contributed by atoms with E-state index >= 15 is 0 Å². The molecule has 1 unspecified atom stereocenters. The Bertz CT molecular complexity index is 1260. The lowest BCUT2D eigenvalue weighted by atomic mass is 10.1. The number of thiazole rings is 1. The highest BCUT2D eigenvalue weighted by Crippen LogP contribution is 2.34. The Morgan fingerprint density at radius 3 is 2.83 bits per heavy atom. The zero-order valence-electron chi connectivity index (χ0n) is 19.5. The Morgan fingerprint density at radius 2 is 2.11 bits per heavy atom. The molecule has 3 atom stereocenters. The number of amides is 3. The van der Waals surface area contributed by atoms with Crippen LogP contribution < -0.4 is 16.0 Å². The summed E-state index contributed by atoms with van der Waals surface area (Å²) in [6.45, 7) is 4.14. The van der Waals surface area contributed by atoms with E-state index < -0.39 is 30.2 Å². The van der Waals surface area contributed by atoms with E-state index in [1.165, 1.54) is 17.4 Å². The van der Waals surface area contributed by atoms with Gasteiger partial charge in [0.25, 0.3) is 0 Å². The lowest BCUT2D eigenvalue weighted by Gasteiger charge is -2.41. The summed E-state index contributed by atoms with van der Waals surface area (Å²) in [6.07, 6.45) is 2.71. The molecule has 1 fully saturated rings.